The van der Waals surface area contributed by atoms with E-state index in [2.05, 4.69) is 16.9 Å². The molecule has 0 saturated heterocycles. The molecule has 19 heavy (non-hydrogen) atoms. The Bertz CT molecular complexity index is 705. The molecule has 0 radical (unpaired) electrons. The van der Waals surface area contributed by atoms with Crippen LogP contribution in [0.5, 0.6) is 0 Å². The first-order valence-corrected chi connectivity index (χ1v) is 5.67. The number of nitrogens with zero attached hydrogens (tertiary/aromatic N) is 3. The van der Waals surface area contributed by atoms with Crippen LogP contribution in [0.1, 0.15) is 11.1 Å². The molecule has 98 valence electrons. The highest BCUT2D eigenvalue weighted by Crippen LogP contribution is 2.11. The Balaban J connectivity index is 2.39. The van der Waals surface area contributed by atoms with Gasteiger partial charge in [-0.2, -0.15) is 5.10 Å². The summed E-state index contributed by atoms with van der Waals surface area (Å²) < 4.78 is 15.9. The van der Waals surface area contributed by atoms with Gasteiger partial charge in [-0.1, -0.05) is 17.9 Å². The van der Waals surface area contributed by atoms with E-state index in [4.69, 9.17) is 5.73 Å². The summed E-state index contributed by atoms with van der Waals surface area (Å²) in [5, 5.41) is 3.95. The molecular weight excluding hydrogens is 247 g/mol. The van der Waals surface area contributed by atoms with E-state index in [9.17, 15) is 9.18 Å². The van der Waals surface area contributed by atoms with Crippen LogP contribution in [0.4, 0.5) is 4.39 Å². The van der Waals surface area contributed by atoms with Gasteiger partial charge in [0.05, 0.1) is 13.1 Å². The van der Waals surface area contributed by atoms with Crippen molar-refractivity contribution in [2.24, 2.45) is 12.8 Å². The van der Waals surface area contributed by atoms with Gasteiger partial charge in [0, 0.05) is 12.6 Å². The summed E-state index contributed by atoms with van der Waals surface area (Å²) in [5.74, 6) is 5.09. The Morgan fingerprint density at radius 1 is 1.47 bits per heavy atom. The maximum Gasteiger partial charge on any atom is 0.345 e. The van der Waals surface area contributed by atoms with E-state index in [1.165, 1.54) is 27.7 Å². The van der Waals surface area contributed by atoms with E-state index in [-0.39, 0.29) is 24.6 Å². The number of hydrogen-bond donors (Lipinski definition) is 1. The second-order valence-electron chi connectivity index (χ2n) is 3.99. The number of hydrogen-bond acceptors (Lipinski definition) is 3. The lowest BCUT2D eigenvalue weighted by molar-refractivity contribution is 0.620. The lowest BCUT2D eigenvalue weighted by Crippen LogP contribution is -2.23. The molecule has 2 N–H and O–H groups in total. The minimum atomic E-state index is -0.376. The summed E-state index contributed by atoms with van der Waals surface area (Å²) in [7, 11) is 1.62. The molecule has 6 heteroatoms. The molecule has 1 heterocycles. The first-order chi connectivity index (χ1) is 9.11. The molecule has 0 bridgehead atoms. The van der Waals surface area contributed by atoms with Gasteiger partial charge in [-0.25, -0.2) is 13.9 Å². The molecule has 5 nitrogen and oxygen atoms in total. The number of benzene rings is 1. The average Bonchev–Trinajstić information content (AvgIpc) is 2.71. The minimum Gasteiger partial charge on any atom is -0.320 e. The predicted octanol–water partition coefficient (Wildman–Crippen LogP) is 0.0794. The molecule has 0 aliphatic carbocycles. The van der Waals surface area contributed by atoms with Crippen molar-refractivity contribution in [3.63, 3.8) is 0 Å². The van der Waals surface area contributed by atoms with Crippen LogP contribution in [0.3, 0.4) is 0 Å². The zero-order valence-corrected chi connectivity index (χ0v) is 10.4. The van der Waals surface area contributed by atoms with Crippen molar-refractivity contribution in [3.05, 3.63) is 52.0 Å². The van der Waals surface area contributed by atoms with Crippen LogP contribution in [0.2, 0.25) is 0 Å². The van der Waals surface area contributed by atoms with Crippen LogP contribution >= 0.6 is 0 Å². The van der Waals surface area contributed by atoms with Gasteiger partial charge in [0.1, 0.15) is 12.1 Å². The first-order valence-electron chi connectivity index (χ1n) is 5.67. The van der Waals surface area contributed by atoms with E-state index in [1.807, 2.05) is 0 Å². The van der Waals surface area contributed by atoms with Gasteiger partial charge in [-0.05, 0) is 17.7 Å². The molecular formula is C13H13FN4O. The minimum absolute atomic E-state index is 0.194. The van der Waals surface area contributed by atoms with E-state index in [0.29, 0.717) is 5.56 Å². The summed E-state index contributed by atoms with van der Waals surface area (Å²) >= 11 is 0. The SMILES string of the molecule is Cn1cnn(Cc2ccc(F)cc2C#CCN)c1=O. The van der Waals surface area contributed by atoms with E-state index in [0.717, 1.165) is 5.56 Å². The maximum absolute atomic E-state index is 13.2. The van der Waals surface area contributed by atoms with Crippen molar-refractivity contribution in [2.75, 3.05) is 6.54 Å². The summed E-state index contributed by atoms with van der Waals surface area (Å²) in [5.41, 5.74) is 6.31. The van der Waals surface area contributed by atoms with Crippen LogP contribution < -0.4 is 11.4 Å². The van der Waals surface area contributed by atoms with Crippen molar-refractivity contribution >= 4 is 0 Å². The third-order valence-corrected chi connectivity index (χ3v) is 2.60. The third kappa shape index (κ3) is 2.89. The molecule has 0 amide bonds. The summed E-state index contributed by atoms with van der Waals surface area (Å²) in [6.07, 6.45) is 1.43. The van der Waals surface area contributed by atoms with Gasteiger partial charge in [0.15, 0.2) is 0 Å². The zero-order valence-electron chi connectivity index (χ0n) is 10.4. The Hall–Kier alpha value is -2.39. The van der Waals surface area contributed by atoms with Gasteiger partial charge in [-0.3, -0.25) is 4.57 Å². The van der Waals surface area contributed by atoms with E-state index < -0.39 is 0 Å². The number of aryl methyl sites for hydroxylation is 1. The smallest absolute Gasteiger partial charge is 0.320 e. The topological polar surface area (TPSA) is 65.8 Å². The number of rotatable bonds is 2. The quantitative estimate of drug-likeness (QED) is 0.778. The molecule has 0 aliphatic heterocycles. The number of halogens is 1. The number of nitrogens with two attached hydrogens (primary N) is 1. The van der Waals surface area contributed by atoms with Crippen LogP contribution in [-0.2, 0) is 13.6 Å². The average molecular weight is 260 g/mol. The summed E-state index contributed by atoms with van der Waals surface area (Å²) in [6, 6.07) is 4.25. The van der Waals surface area contributed by atoms with Gasteiger partial charge >= 0.3 is 5.69 Å². The van der Waals surface area contributed by atoms with Crippen molar-refractivity contribution in [3.8, 4) is 11.8 Å². The molecule has 1 aromatic heterocycles. The standard InChI is InChI=1S/C13H13FN4O/c1-17-9-16-18(13(17)19)8-11-4-5-12(14)7-10(11)3-2-6-15/h4-5,7,9H,6,8,15H2,1H3. The highest BCUT2D eigenvalue weighted by Gasteiger charge is 2.07. The highest BCUT2D eigenvalue weighted by atomic mass is 19.1. The fraction of sp³-hybridized carbons (Fsp3) is 0.231. The molecule has 2 rings (SSSR count). The molecule has 0 unspecified atom stereocenters. The second-order valence-corrected chi connectivity index (χ2v) is 3.99. The molecule has 0 spiro atoms. The van der Waals surface area contributed by atoms with E-state index >= 15 is 0 Å². The Morgan fingerprint density at radius 3 is 2.89 bits per heavy atom. The van der Waals surface area contributed by atoms with Crippen molar-refractivity contribution < 1.29 is 4.39 Å². The fourth-order valence-corrected chi connectivity index (χ4v) is 1.64. The molecule has 0 saturated carbocycles. The van der Waals surface area contributed by atoms with Crippen molar-refractivity contribution in [2.45, 2.75) is 6.54 Å². The van der Waals surface area contributed by atoms with Crippen LogP contribution in [0.15, 0.2) is 29.3 Å². The Morgan fingerprint density at radius 2 is 2.26 bits per heavy atom. The Kier molecular flexibility index (Phi) is 3.78. The van der Waals surface area contributed by atoms with Gasteiger partial charge in [0.2, 0.25) is 0 Å². The largest absolute Gasteiger partial charge is 0.345 e. The molecule has 2 aromatic rings. The van der Waals surface area contributed by atoms with Gasteiger partial charge in [-0.15, -0.1) is 0 Å². The van der Waals surface area contributed by atoms with Gasteiger partial charge in [0.25, 0.3) is 0 Å². The maximum atomic E-state index is 13.2. The Labute approximate surface area is 109 Å². The van der Waals surface area contributed by atoms with Crippen molar-refractivity contribution in [1.29, 1.82) is 0 Å². The lowest BCUT2D eigenvalue weighted by atomic mass is 10.1. The fourth-order valence-electron chi connectivity index (χ4n) is 1.64. The highest BCUT2D eigenvalue weighted by molar-refractivity contribution is 5.42. The normalized spacial score (nSPS) is 10.1. The molecule has 0 aliphatic rings. The van der Waals surface area contributed by atoms with E-state index in [1.54, 1.807) is 13.1 Å². The monoisotopic (exact) mass is 260 g/mol. The molecule has 1 aromatic carbocycles. The number of aromatic nitrogens is 3. The first kappa shape index (κ1) is 13.1. The predicted molar refractivity (Wildman–Crippen MR) is 68.9 cm³/mol. The van der Waals surface area contributed by atoms with Crippen LogP contribution in [0.25, 0.3) is 0 Å². The van der Waals surface area contributed by atoms with Crippen molar-refractivity contribution in [1.82, 2.24) is 14.3 Å². The molecule has 0 fully saturated rings. The zero-order chi connectivity index (χ0) is 13.8. The van der Waals surface area contributed by atoms with Crippen LogP contribution in [0, 0.1) is 17.7 Å². The lowest BCUT2D eigenvalue weighted by Gasteiger charge is -2.04. The third-order valence-electron chi connectivity index (χ3n) is 2.60. The summed E-state index contributed by atoms with van der Waals surface area (Å²) in [4.78, 5) is 11.7. The molecule has 0 atom stereocenters. The second kappa shape index (κ2) is 5.50. The summed E-state index contributed by atoms with van der Waals surface area (Å²) in [6.45, 7) is 0.439. The van der Waals surface area contributed by atoms with Gasteiger partial charge < -0.3 is 5.73 Å². The van der Waals surface area contributed by atoms with Crippen LogP contribution in [-0.4, -0.2) is 20.9 Å².